The first-order chi connectivity index (χ1) is 9.25. The van der Waals surface area contributed by atoms with Gasteiger partial charge in [-0.2, -0.15) is 13.2 Å². The maximum atomic E-state index is 12.7. The van der Waals surface area contributed by atoms with Crippen LogP contribution in [0.25, 0.3) is 0 Å². The molecule has 0 heterocycles. The average Bonchev–Trinajstić information content (AvgIpc) is 2.35. The van der Waals surface area contributed by atoms with Crippen LogP contribution in [0.3, 0.4) is 0 Å². The topological polar surface area (TPSA) is 67.1 Å². The predicted molar refractivity (Wildman–Crippen MR) is 87.0 cm³/mol. The van der Waals surface area contributed by atoms with E-state index in [1.54, 1.807) is 0 Å². The lowest BCUT2D eigenvalue weighted by molar-refractivity contribution is -0.137. The van der Waals surface area contributed by atoms with Crippen molar-refractivity contribution in [2.45, 2.75) is 32.5 Å². The zero-order valence-electron chi connectivity index (χ0n) is 12.2. The van der Waals surface area contributed by atoms with Gasteiger partial charge in [0.25, 0.3) is 0 Å². The molecule has 0 bridgehead atoms. The maximum absolute atomic E-state index is 12.7. The zero-order chi connectivity index (χ0) is 15.3. The fraction of sp³-hybridized carbons (Fsp3) is 0.462. The minimum atomic E-state index is -4.46. The summed E-state index contributed by atoms with van der Waals surface area (Å²) in [5.74, 6) is -0.538. The molecular weight excluding hydrogens is 342 g/mol. The standard InChI is InChI=1S/C13H18F3N3O.2ClH/c1-3-6-18-10-5-4-9(13(14,15)16)7-11(10)19-12(20)8(2)17;;/h4-5,7-8,18H,3,6,17H2,1-2H3,(H,19,20);2*1H. The number of nitrogens with two attached hydrogens (primary N) is 1. The van der Waals surface area contributed by atoms with Crippen LogP contribution in [-0.4, -0.2) is 18.5 Å². The predicted octanol–water partition coefficient (Wildman–Crippen LogP) is 3.66. The van der Waals surface area contributed by atoms with Gasteiger partial charge in [0.15, 0.2) is 0 Å². The second-order valence-corrected chi connectivity index (χ2v) is 4.46. The summed E-state index contributed by atoms with van der Waals surface area (Å²) in [7, 11) is 0. The first-order valence-electron chi connectivity index (χ1n) is 6.27. The van der Waals surface area contributed by atoms with E-state index in [4.69, 9.17) is 5.73 Å². The Kier molecular flexibility index (Phi) is 10.2. The lowest BCUT2D eigenvalue weighted by Gasteiger charge is -2.16. The van der Waals surface area contributed by atoms with E-state index in [9.17, 15) is 18.0 Å². The van der Waals surface area contributed by atoms with Crippen LogP contribution in [0.2, 0.25) is 0 Å². The third-order valence-corrected chi connectivity index (χ3v) is 2.58. The molecule has 1 unspecified atom stereocenters. The fourth-order valence-corrected chi connectivity index (χ4v) is 1.48. The van der Waals surface area contributed by atoms with Gasteiger partial charge in [-0.15, -0.1) is 24.8 Å². The molecule has 9 heteroatoms. The smallest absolute Gasteiger partial charge is 0.383 e. The second-order valence-electron chi connectivity index (χ2n) is 4.46. The van der Waals surface area contributed by atoms with Crippen LogP contribution in [0.1, 0.15) is 25.8 Å². The van der Waals surface area contributed by atoms with Crippen molar-refractivity contribution in [2.75, 3.05) is 17.2 Å². The van der Waals surface area contributed by atoms with E-state index in [0.29, 0.717) is 12.2 Å². The molecule has 0 saturated heterocycles. The Bertz CT molecular complexity index is 482. The van der Waals surface area contributed by atoms with Gasteiger partial charge in [-0.1, -0.05) is 6.92 Å². The molecule has 0 saturated carbocycles. The fourth-order valence-electron chi connectivity index (χ4n) is 1.48. The van der Waals surface area contributed by atoms with Crippen molar-refractivity contribution in [1.82, 2.24) is 0 Å². The SMILES string of the molecule is CCCNc1ccc(C(F)(F)F)cc1NC(=O)C(C)N.Cl.Cl. The summed E-state index contributed by atoms with van der Waals surface area (Å²) in [4.78, 5) is 11.6. The van der Waals surface area contributed by atoms with E-state index in [-0.39, 0.29) is 30.5 Å². The van der Waals surface area contributed by atoms with Crippen molar-refractivity contribution in [2.24, 2.45) is 5.73 Å². The lowest BCUT2D eigenvalue weighted by Crippen LogP contribution is -2.32. The van der Waals surface area contributed by atoms with Crippen LogP contribution in [0.4, 0.5) is 24.5 Å². The summed E-state index contributed by atoms with van der Waals surface area (Å²) in [6, 6.07) is 2.37. The van der Waals surface area contributed by atoms with E-state index in [0.717, 1.165) is 18.6 Å². The third kappa shape index (κ3) is 6.72. The number of nitrogens with one attached hydrogen (secondary N) is 2. The number of hydrogen-bond donors (Lipinski definition) is 3. The average molecular weight is 362 g/mol. The van der Waals surface area contributed by atoms with Gasteiger partial charge in [-0.05, 0) is 31.5 Å². The van der Waals surface area contributed by atoms with Crippen LogP contribution in [0.15, 0.2) is 18.2 Å². The first-order valence-corrected chi connectivity index (χ1v) is 6.27. The molecule has 1 rings (SSSR count). The number of carbonyl (C=O) groups excluding carboxylic acids is 1. The minimum Gasteiger partial charge on any atom is -0.383 e. The Morgan fingerprint density at radius 3 is 2.32 bits per heavy atom. The van der Waals surface area contributed by atoms with E-state index in [2.05, 4.69) is 10.6 Å². The molecule has 22 heavy (non-hydrogen) atoms. The van der Waals surface area contributed by atoms with Gasteiger partial charge in [0, 0.05) is 6.54 Å². The van der Waals surface area contributed by atoms with Crippen LogP contribution in [0.5, 0.6) is 0 Å². The summed E-state index contributed by atoms with van der Waals surface area (Å²) in [5, 5.41) is 5.37. The summed E-state index contributed by atoms with van der Waals surface area (Å²) in [5.41, 5.74) is 5.10. The number of carbonyl (C=O) groups is 1. The number of hydrogen-bond acceptors (Lipinski definition) is 3. The Labute approximate surface area is 139 Å². The van der Waals surface area contributed by atoms with Gasteiger partial charge < -0.3 is 16.4 Å². The van der Waals surface area contributed by atoms with Crippen molar-refractivity contribution in [3.8, 4) is 0 Å². The van der Waals surface area contributed by atoms with Crippen molar-refractivity contribution >= 4 is 42.1 Å². The summed E-state index contributed by atoms with van der Waals surface area (Å²) >= 11 is 0. The van der Waals surface area contributed by atoms with Crippen LogP contribution >= 0.6 is 24.8 Å². The number of rotatable bonds is 5. The van der Waals surface area contributed by atoms with Gasteiger partial charge >= 0.3 is 6.18 Å². The van der Waals surface area contributed by atoms with E-state index in [1.807, 2.05) is 6.92 Å². The lowest BCUT2D eigenvalue weighted by atomic mass is 10.1. The highest BCUT2D eigenvalue weighted by molar-refractivity contribution is 5.97. The Morgan fingerprint density at radius 1 is 1.27 bits per heavy atom. The molecular formula is C13H20Cl2F3N3O. The number of halogens is 5. The Balaban J connectivity index is 0. The molecule has 0 aliphatic carbocycles. The summed E-state index contributed by atoms with van der Waals surface area (Å²) in [6.07, 6.45) is -3.65. The van der Waals surface area contributed by atoms with Gasteiger partial charge in [0.2, 0.25) is 5.91 Å². The molecule has 1 aromatic rings. The van der Waals surface area contributed by atoms with Crippen molar-refractivity contribution in [3.05, 3.63) is 23.8 Å². The molecule has 1 aromatic carbocycles. The Hall–Kier alpha value is -1.18. The normalized spacial score (nSPS) is 11.7. The highest BCUT2D eigenvalue weighted by atomic mass is 35.5. The molecule has 4 nitrogen and oxygen atoms in total. The molecule has 4 N–H and O–H groups in total. The second kappa shape index (κ2) is 9.76. The molecule has 0 spiro atoms. The molecule has 0 aromatic heterocycles. The zero-order valence-corrected chi connectivity index (χ0v) is 13.8. The van der Waals surface area contributed by atoms with Gasteiger partial charge in [0.05, 0.1) is 23.0 Å². The number of alkyl halides is 3. The van der Waals surface area contributed by atoms with Crippen molar-refractivity contribution < 1.29 is 18.0 Å². The number of benzene rings is 1. The molecule has 0 radical (unpaired) electrons. The molecule has 0 aliphatic rings. The highest BCUT2D eigenvalue weighted by Gasteiger charge is 2.31. The maximum Gasteiger partial charge on any atom is 0.416 e. The quantitative estimate of drug-likeness (QED) is 0.749. The van der Waals surface area contributed by atoms with E-state index >= 15 is 0 Å². The molecule has 128 valence electrons. The third-order valence-electron chi connectivity index (χ3n) is 2.58. The van der Waals surface area contributed by atoms with Gasteiger partial charge in [-0.3, -0.25) is 4.79 Å². The number of anilines is 2. The van der Waals surface area contributed by atoms with E-state index in [1.165, 1.54) is 13.0 Å². The number of amides is 1. The van der Waals surface area contributed by atoms with Crippen LogP contribution in [-0.2, 0) is 11.0 Å². The van der Waals surface area contributed by atoms with Crippen molar-refractivity contribution in [1.29, 1.82) is 0 Å². The Morgan fingerprint density at radius 2 is 1.86 bits per heavy atom. The monoisotopic (exact) mass is 361 g/mol. The first kappa shape index (κ1) is 23.1. The molecule has 1 atom stereocenters. The van der Waals surface area contributed by atoms with Gasteiger partial charge in [0.1, 0.15) is 0 Å². The van der Waals surface area contributed by atoms with E-state index < -0.39 is 23.7 Å². The molecule has 0 aliphatic heterocycles. The summed E-state index contributed by atoms with van der Waals surface area (Å²) in [6.45, 7) is 3.98. The molecule has 1 amide bonds. The summed E-state index contributed by atoms with van der Waals surface area (Å²) < 4.78 is 38.1. The molecule has 0 fully saturated rings. The van der Waals surface area contributed by atoms with Gasteiger partial charge in [-0.25, -0.2) is 0 Å². The highest BCUT2D eigenvalue weighted by Crippen LogP contribution is 2.34. The van der Waals surface area contributed by atoms with Crippen LogP contribution < -0.4 is 16.4 Å². The van der Waals surface area contributed by atoms with Crippen molar-refractivity contribution in [3.63, 3.8) is 0 Å². The van der Waals surface area contributed by atoms with Crippen LogP contribution in [0, 0.1) is 0 Å². The largest absolute Gasteiger partial charge is 0.416 e. The minimum absolute atomic E-state index is 0.